The first-order chi connectivity index (χ1) is 16.4. The molecule has 4 aromatic rings. The van der Waals surface area contributed by atoms with Crippen molar-refractivity contribution in [3.05, 3.63) is 94.0 Å². The standard InChI is InChI=1S/C12H13BrFN3.C12H13ClFN3/c2*1-2-17(7-9-6-15-8-16-9)10-3-4-12(14)11(13)5-10/h2*3-6,8H,2,7H2,1H3,(H,15,16). The maximum Gasteiger partial charge on any atom is 0.141 e. The van der Waals surface area contributed by atoms with E-state index in [9.17, 15) is 8.78 Å². The van der Waals surface area contributed by atoms with E-state index in [-0.39, 0.29) is 10.8 Å². The molecule has 0 amide bonds. The number of hydrogen-bond donors (Lipinski definition) is 2. The van der Waals surface area contributed by atoms with Crippen LogP contribution in [0.15, 0.2) is 65.9 Å². The second-order valence-corrected chi connectivity index (χ2v) is 8.64. The zero-order valence-electron chi connectivity index (χ0n) is 18.9. The molecule has 0 bridgehead atoms. The summed E-state index contributed by atoms with van der Waals surface area (Å²) in [6.45, 7) is 7.17. The van der Waals surface area contributed by atoms with Crippen LogP contribution in [-0.2, 0) is 13.1 Å². The summed E-state index contributed by atoms with van der Waals surface area (Å²) < 4.78 is 26.7. The molecule has 0 spiro atoms. The lowest BCUT2D eigenvalue weighted by molar-refractivity contribution is 0.620. The number of halogens is 4. The van der Waals surface area contributed by atoms with Gasteiger partial charge in [0.25, 0.3) is 0 Å². The highest BCUT2D eigenvalue weighted by molar-refractivity contribution is 9.10. The Labute approximate surface area is 211 Å². The molecule has 2 heterocycles. The number of hydrogen-bond acceptors (Lipinski definition) is 4. The minimum atomic E-state index is -0.395. The number of nitrogens with zero attached hydrogens (tertiary/aromatic N) is 4. The topological polar surface area (TPSA) is 63.8 Å². The number of anilines is 2. The van der Waals surface area contributed by atoms with E-state index < -0.39 is 5.82 Å². The number of aromatic nitrogens is 4. The van der Waals surface area contributed by atoms with Crippen molar-refractivity contribution in [1.82, 2.24) is 19.9 Å². The molecule has 0 saturated carbocycles. The van der Waals surface area contributed by atoms with E-state index in [1.165, 1.54) is 12.1 Å². The van der Waals surface area contributed by atoms with Crippen molar-refractivity contribution in [2.45, 2.75) is 26.9 Å². The average Bonchev–Trinajstić information content (AvgIpc) is 3.54. The van der Waals surface area contributed by atoms with E-state index in [4.69, 9.17) is 11.6 Å². The Morgan fingerprint density at radius 3 is 1.74 bits per heavy atom. The molecule has 180 valence electrons. The molecule has 0 aliphatic rings. The Balaban J connectivity index is 0.000000191. The Hall–Kier alpha value is -2.91. The van der Waals surface area contributed by atoms with Crippen molar-refractivity contribution in [2.24, 2.45) is 0 Å². The molecule has 4 rings (SSSR count). The first-order valence-corrected chi connectivity index (χ1v) is 11.9. The lowest BCUT2D eigenvalue weighted by atomic mass is 10.2. The molecule has 2 aromatic heterocycles. The SMILES string of the molecule is CCN(Cc1cnc[nH]1)c1ccc(F)c(Br)c1.CCN(Cc1cnc[nH]1)c1ccc(F)c(Cl)c1. The Morgan fingerprint density at radius 1 is 0.824 bits per heavy atom. The van der Waals surface area contributed by atoms with Crippen LogP contribution in [0.1, 0.15) is 25.2 Å². The Kier molecular flexibility index (Phi) is 9.47. The van der Waals surface area contributed by atoms with Gasteiger partial charge in [-0.05, 0) is 66.2 Å². The maximum atomic E-state index is 13.2. The van der Waals surface area contributed by atoms with Gasteiger partial charge in [0.15, 0.2) is 0 Å². The third-order valence-corrected chi connectivity index (χ3v) is 6.03. The molecule has 34 heavy (non-hydrogen) atoms. The zero-order chi connectivity index (χ0) is 24.5. The highest BCUT2D eigenvalue weighted by Crippen LogP contribution is 2.24. The molecule has 0 saturated heterocycles. The van der Waals surface area contributed by atoms with Gasteiger partial charge in [-0.15, -0.1) is 0 Å². The monoisotopic (exact) mass is 550 g/mol. The summed E-state index contributed by atoms with van der Waals surface area (Å²) in [5, 5.41) is 0.144. The molecular weight excluding hydrogens is 526 g/mol. The predicted molar refractivity (Wildman–Crippen MR) is 136 cm³/mol. The maximum absolute atomic E-state index is 13.2. The van der Waals surface area contributed by atoms with Crippen LogP contribution in [0, 0.1) is 11.6 Å². The third-order valence-electron chi connectivity index (χ3n) is 5.13. The largest absolute Gasteiger partial charge is 0.366 e. The zero-order valence-corrected chi connectivity index (χ0v) is 21.2. The van der Waals surface area contributed by atoms with Crippen LogP contribution in [0.25, 0.3) is 0 Å². The van der Waals surface area contributed by atoms with Crippen LogP contribution in [0.5, 0.6) is 0 Å². The average molecular weight is 552 g/mol. The van der Waals surface area contributed by atoms with Crippen LogP contribution in [0.4, 0.5) is 20.2 Å². The van der Waals surface area contributed by atoms with Crippen LogP contribution in [-0.4, -0.2) is 33.0 Å². The molecule has 0 unspecified atom stereocenters. The van der Waals surface area contributed by atoms with Gasteiger partial charge in [0.1, 0.15) is 11.6 Å². The van der Waals surface area contributed by atoms with Crippen molar-refractivity contribution in [2.75, 3.05) is 22.9 Å². The lowest BCUT2D eigenvalue weighted by Gasteiger charge is -2.22. The number of imidazole rings is 2. The van der Waals surface area contributed by atoms with Crippen molar-refractivity contribution in [3.8, 4) is 0 Å². The normalized spacial score (nSPS) is 10.5. The van der Waals surface area contributed by atoms with Gasteiger partial charge in [-0.2, -0.15) is 0 Å². The molecule has 0 radical (unpaired) electrons. The summed E-state index contributed by atoms with van der Waals surface area (Å²) in [4.78, 5) is 18.3. The molecule has 0 atom stereocenters. The van der Waals surface area contributed by atoms with Gasteiger partial charge in [-0.25, -0.2) is 18.7 Å². The van der Waals surface area contributed by atoms with E-state index in [2.05, 4.69) is 52.6 Å². The molecule has 2 aromatic carbocycles. The predicted octanol–water partition coefficient (Wildman–Crippen LogP) is 6.57. The van der Waals surface area contributed by atoms with Crippen molar-refractivity contribution < 1.29 is 8.78 Å². The van der Waals surface area contributed by atoms with E-state index in [0.717, 1.165) is 42.4 Å². The van der Waals surface area contributed by atoms with E-state index in [1.807, 2.05) is 6.92 Å². The molecule has 0 aliphatic heterocycles. The highest BCUT2D eigenvalue weighted by Gasteiger charge is 2.10. The second-order valence-electron chi connectivity index (χ2n) is 7.38. The Morgan fingerprint density at radius 2 is 1.32 bits per heavy atom. The number of nitrogens with one attached hydrogen (secondary N) is 2. The van der Waals surface area contributed by atoms with Gasteiger partial charge >= 0.3 is 0 Å². The first kappa shape index (κ1) is 25.7. The van der Waals surface area contributed by atoms with Crippen LogP contribution >= 0.6 is 27.5 Å². The second kappa shape index (κ2) is 12.5. The molecule has 0 fully saturated rings. The molecular formula is C24H26BrClF2N6. The smallest absolute Gasteiger partial charge is 0.141 e. The lowest BCUT2D eigenvalue weighted by Crippen LogP contribution is -2.22. The van der Waals surface area contributed by atoms with Gasteiger partial charge in [-0.1, -0.05) is 11.6 Å². The fraction of sp³-hybridized carbons (Fsp3) is 0.250. The van der Waals surface area contributed by atoms with Crippen LogP contribution < -0.4 is 9.80 Å². The van der Waals surface area contributed by atoms with Gasteiger partial charge < -0.3 is 19.8 Å². The third kappa shape index (κ3) is 7.04. The van der Waals surface area contributed by atoms with Crippen LogP contribution in [0.2, 0.25) is 5.02 Å². The quantitative estimate of drug-likeness (QED) is 0.260. The summed E-state index contributed by atoms with van der Waals surface area (Å²) in [6.07, 6.45) is 6.86. The van der Waals surface area contributed by atoms with Crippen molar-refractivity contribution in [3.63, 3.8) is 0 Å². The van der Waals surface area contributed by atoms with Gasteiger partial charge in [0.2, 0.25) is 0 Å². The van der Waals surface area contributed by atoms with Crippen LogP contribution in [0.3, 0.4) is 0 Å². The fourth-order valence-electron chi connectivity index (χ4n) is 3.29. The van der Waals surface area contributed by atoms with Gasteiger partial charge in [-0.3, -0.25) is 0 Å². The fourth-order valence-corrected chi connectivity index (χ4v) is 3.83. The summed E-state index contributed by atoms with van der Waals surface area (Å²) in [6, 6.07) is 9.77. The summed E-state index contributed by atoms with van der Waals surface area (Å²) in [5.74, 6) is -0.639. The summed E-state index contributed by atoms with van der Waals surface area (Å²) in [7, 11) is 0. The van der Waals surface area contributed by atoms with E-state index >= 15 is 0 Å². The number of H-pyrrole nitrogens is 2. The molecule has 2 N–H and O–H groups in total. The molecule has 0 aliphatic carbocycles. The van der Waals surface area contributed by atoms with E-state index in [1.54, 1.807) is 49.3 Å². The highest BCUT2D eigenvalue weighted by atomic mass is 79.9. The van der Waals surface area contributed by atoms with Gasteiger partial charge in [0.05, 0.1) is 46.6 Å². The van der Waals surface area contributed by atoms with Gasteiger partial charge in [0, 0.05) is 36.9 Å². The first-order valence-electron chi connectivity index (χ1n) is 10.8. The summed E-state index contributed by atoms with van der Waals surface area (Å²) in [5.41, 5.74) is 3.92. The van der Waals surface area contributed by atoms with E-state index in [0.29, 0.717) is 11.0 Å². The number of rotatable bonds is 8. The summed E-state index contributed by atoms with van der Waals surface area (Å²) >= 11 is 8.97. The minimum absolute atomic E-state index is 0.144. The van der Waals surface area contributed by atoms with Crippen molar-refractivity contribution in [1.29, 1.82) is 0 Å². The van der Waals surface area contributed by atoms with Crippen molar-refractivity contribution >= 4 is 38.9 Å². The Bertz CT molecular complexity index is 1060. The molecule has 10 heteroatoms. The molecule has 6 nitrogen and oxygen atoms in total. The number of aromatic amines is 2. The number of benzene rings is 2. The minimum Gasteiger partial charge on any atom is -0.366 e.